The van der Waals surface area contributed by atoms with Crippen LogP contribution in [0.25, 0.3) is 0 Å². The van der Waals surface area contributed by atoms with Crippen LogP contribution in [0.4, 0.5) is 0 Å². The van der Waals surface area contributed by atoms with Crippen LogP contribution in [0.2, 0.25) is 0 Å². The van der Waals surface area contributed by atoms with Gasteiger partial charge in [0.05, 0.1) is 0 Å². The highest BCUT2D eigenvalue weighted by molar-refractivity contribution is 5.80. The summed E-state index contributed by atoms with van der Waals surface area (Å²) in [6.07, 6.45) is 11.0. The number of hydrogen-bond acceptors (Lipinski definition) is 2. The summed E-state index contributed by atoms with van der Waals surface area (Å²) >= 11 is 0. The van der Waals surface area contributed by atoms with Crippen molar-refractivity contribution in [2.75, 3.05) is 19.6 Å². The normalized spacial score (nSPS) is 29.6. The summed E-state index contributed by atoms with van der Waals surface area (Å²) in [7, 11) is 0. The molecule has 0 bridgehead atoms. The topological polar surface area (TPSA) is 39.7 Å². The van der Waals surface area contributed by atoms with Crippen molar-refractivity contribution in [2.24, 2.45) is 4.99 Å². The zero-order valence-corrected chi connectivity index (χ0v) is 12.9. The molecule has 2 saturated carbocycles. The number of rotatable bonds is 4. The number of nitrogens with zero attached hydrogens (tertiary/aromatic N) is 2. The Bertz CT molecular complexity index is 331. The largest absolute Gasteiger partial charge is 0.354 e. The molecule has 0 amide bonds. The van der Waals surface area contributed by atoms with Crippen molar-refractivity contribution in [1.29, 1.82) is 0 Å². The molecule has 1 heterocycles. The van der Waals surface area contributed by atoms with Crippen molar-refractivity contribution >= 4 is 5.96 Å². The number of aliphatic imine (C=N–C) groups is 1. The van der Waals surface area contributed by atoms with Crippen LogP contribution in [0.3, 0.4) is 0 Å². The second kappa shape index (κ2) is 6.79. The molecule has 0 radical (unpaired) electrons. The van der Waals surface area contributed by atoms with Crippen LogP contribution in [-0.4, -0.2) is 48.6 Å². The fraction of sp³-hybridized carbons (Fsp3) is 0.938. The van der Waals surface area contributed by atoms with Gasteiger partial charge in [-0.25, -0.2) is 0 Å². The zero-order chi connectivity index (χ0) is 13.8. The lowest BCUT2D eigenvalue weighted by molar-refractivity contribution is 0.242. The molecule has 1 unspecified atom stereocenters. The molecule has 4 heteroatoms. The lowest BCUT2D eigenvalue weighted by Crippen LogP contribution is -2.50. The van der Waals surface area contributed by atoms with Crippen molar-refractivity contribution in [3.63, 3.8) is 0 Å². The quantitative estimate of drug-likeness (QED) is 0.611. The van der Waals surface area contributed by atoms with Crippen LogP contribution in [0.15, 0.2) is 4.99 Å². The van der Waals surface area contributed by atoms with E-state index in [9.17, 15) is 0 Å². The Hall–Kier alpha value is -0.770. The Morgan fingerprint density at radius 3 is 2.40 bits per heavy atom. The van der Waals surface area contributed by atoms with E-state index in [-0.39, 0.29) is 0 Å². The molecular weight excluding hydrogens is 248 g/mol. The van der Waals surface area contributed by atoms with Crippen LogP contribution in [0.5, 0.6) is 0 Å². The summed E-state index contributed by atoms with van der Waals surface area (Å²) in [5.74, 6) is 1.05. The maximum absolute atomic E-state index is 4.61. The van der Waals surface area contributed by atoms with Gasteiger partial charge in [0.2, 0.25) is 0 Å². The molecule has 3 fully saturated rings. The second-order valence-electron chi connectivity index (χ2n) is 6.66. The van der Waals surface area contributed by atoms with Gasteiger partial charge in [-0.05, 0) is 45.4 Å². The first-order valence-electron chi connectivity index (χ1n) is 8.66. The van der Waals surface area contributed by atoms with Gasteiger partial charge in [0.15, 0.2) is 5.96 Å². The highest BCUT2D eigenvalue weighted by Crippen LogP contribution is 2.26. The van der Waals surface area contributed by atoms with Crippen molar-refractivity contribution in [2.45, 2.75) is 76.4 Å². The second-order valence-corrected chi connectivity index (χ2v) is 6.66. The van der Waals surface area contributed by atoms with Gasteiger partial charge in [0, 0.05) is 37.8 Å². The highest BCUT2D eigenvalue weighted by atomic mass is 15.3. The zero-order valence-electron chi connectivity index (χ0n) is 12.9. The summed E-state index contributed by atoms with van der Waals surface area (Å²) in [5, 5.41) is 7.25. The smallest absolute Gasteiger partial charge is 0.191 e. The van der Waals surface area contributed by atoms with Crippen LogP contribution in [0.1, 0.15) is 58.3 Å². The van der Waals surface area contributed by atoms with E-state index < -0.39 is 0 Å². The first-order valence-corrected chi connectivity index (χ1v) is 8.66. The predicted molar refractivity (Wildman–Crippen MR) is 84.1 cm³/mol. The van der Waals surface area contributed by atoms with Gasteiger partial charge in [-0.1, -0.05) is 12.8 Å². The third kappa shape index (κ3) is 3.46. The molecule has 1 aliphatic heterocycles. The average molecular weight is 278 g/mol. The molecule has 20 heavy (non-hydrogen) atoms. The lowest BCUT2D eigenvalue weighted by Gasteiger charge is -2.30. The third-order valence-electron chi connectivity index (χ3n) is 5.16. The summed E-state index contributed by atoms with van der Waals surface area (Å²) in [6, 6.07) is 2.13. The van der Waals surface area contributed by atoms with E-state index in [1.807, 2.05) is 0 Å². The fourth-order valence-electron chi connectivity index (χ4n) is 3.74. The number of likely N-dealkylation sites (tertiary alicyclic amines) is 1. The molecule has 114 valence electrons. The number of guanidine groups is 1. The van der Waals surface area contributed by atoms with Crippen molar-refractivity contribution < 1.29 is 0 Å². The van der Waals surface area contributed by atoms with Crippen molar-refractivity contribution in [3.8, 4) is 0 Å². The minimum Gasteiger partial charge on any atom is -0.354 e. The average Bonchev–Trinajstić information content (AvgIpc) is 3.04. The number of hydrogen-bond donors (Lipinski definition) is 2. The molecule has 3 aliphatic rings. The molecule has 2 aliphatic carbocycles. The molecule has 0 aromatic heterocycles. The molecular formula is C16H30N4. The van der Waals surface area contributed by atoms with E-state index in [1.165, 1.54) is 64.5 Å². The maximum atomic E-state index is 4.61. The summed E-state index contributed by atoms with van der Waals surface area (Å²) in [4.78, 5) is 7.31. The fourth-order valence-corrected chi connectivity index (χ4v) is 3.74. The van der Waals surface area contributed by atoms with E-state index in [1.54, 1.807) is 0 Å². The van der Waals surface area contributed by atoms with Crippen LogP contribution in [0, 0.1) is 0 Å². The molecule has 1 atom stereocenters. The Morgan fingerprint density at radius 1 is 1.00 bits per heavy atom. The van der Waals surface area contributed by atoms with Gasteiger partial charge < -0.3 is 10.6 Å². The summed E-state index contributed by atoms with van der Waals surface area (Å²) < 4.78 is 0. The standard InChI is InChI=1S/C16H30N4/c1-2-17-16(18-13-6-5-7-13)19-14-10-11-20(12-14)15-8-3-4-9-15/h13-15H,2-12H2,1H3,(H2,17,18,19). The SMILES string of the molecule is CCN=C(NC1CCC1)NC1CCN(C2CCCC2)C1. The van der Waals surface area contributed by atoms with Gasteiger partial charge in [-0.2, -0.15) is 0 Å². The molecule has 0 spiro atoms. The first kappa shape index (κ1) is 14.2. The molecule has 3 rings (SSSR count). The van der Waals surface area contributed by atoms with E-state index in [0.29, 0.717) is 12.1 Å². The van der Waals surface area contributed by atoms with Crippen LogP contribution < -0.4 is 10.6 Å². The van der Waals surface area contributed by atoms with Crippen LogP contribution in [-0.2, 0) is 0 Å². The van der Waals surface area contributed by atoms with Gasteiger partial charge >= 0.3 is 0 Å². The summed E-state index contributed by atoms with van der Waals surface area (Å²) in [6.45, 7) is 5.45. The van der Waals surface area contributed by atoms with Gasteiger partial charge in [0.1, 0.15) is 0 Å². The maximum Gasteiger partial charge on any atom is 0.191 e. The minimum atomic E-state index is 0.591. The Labute approximate surface area is 123 Å². The number of nitrogens with one attached hydrogen (secondary N) is 2. The third-order valence-corrected chi connectivity index (χ3v) is 5.16. The van der Waals surface area contributed by atoms with E-state index in [4.69, 9.17) is 0 Å². The molecule has 1 saturated heterocycles. The van der Waals surface area contributed by atoms with Crippen LogP contribution >= 0.6 is 0 Å². The molecule has 0 aromatic rings. The highest BCUT2D eigenvalue weighted by Gasteiger charge is 2.30. The summed E-state index contributed by atoms with van der Waals surface area (Å²) in [5.41, 5.74) is 0. The van der Waals surface area contributed by atoms with E-state index in [0.717, 1.165) is 18.5 Å². The van der Waals surface area contributed by atoms with Crippen molar-refractivity contribution in [3.05, 3.63) is 0 Å². The van der Waals surface area contributed by atoms with E-state index in [2.05, 4.69) is 27.4 Å². The Balaban J connectivity index is 1.47. The minimum absolute atomic E-state index is 0.591. The van der Waals surface area contributed by atoms with Crippen molar-refractivity contribution in [1.82, 2.24) is 15.5 Å². The van der Waals surface area contributed by atoms with Gasteiger partial charge in [-0.3, -0.25) is 9.89 Å². The van der Waals surface area contributed by atoms with E-state index >= 15 is 0 Å². The molecule has 0 aromatic carbocycles. The molecule has 2 N–H and O–H groups in total. The monoisotopic (exact) mass is 278 g/mol. The predicted octanol–water partition coefficient (Wildman–Crippen LogP) is 2.11. The first-order chi connectivity index (χ1) is 9.85. The van der Waals surface area contributed by atoms with Gasteiger partial charge in [-0.15, -0.1) is 0 Å². The molecule has 4 nitrogen and oxygen atoms in total. The Morgan fingerprint density at radius 2 is 1.75 bits per heavy atom. The van der Waals surface area contributed by atoms with Gasteiger partial charge in [0.25, 0.3) is 0 Å². The Kier molecular flexibility index (Phi) is 4.81. The lowest BCUT2D eigenvalue weighted by atomic mass is 9.93.